The molecule has 142 valence electrons. The van der Waals surface area contributed by atoms with Gasteiger partial charge in [-0.05, 0) is 6.42 Å². The first-order chi connectivity index (χ1) is 12.7. The van der Waals surface area contributed by atoms with Crippen molar-refractivity contribution >= 4 is 5.69 Å². The van der Waals surface area contributed by atoms with E-state index in [0.717, 1.165) is 13.0 Å². The molecular weight excluding hydrogens is 330 g/mol. The molecule has 7 heteroatoms. The van der Waals surface area contributed by atoms with Crippen LogP contribution >= 0.6 is 0 Å². The molecule has 0 fully saturated rings. The summed E-state index contributed by atoms with van der Waals surface area (Å²) >= 11 is 0. The summed E-state index contributed by atoms with van der Waals surface area (Å²) in [6, 6.07) is 2.80. The lowest BCUT2D eigenvalue weighted by Gasteiger charge is -2.02. The number of rotatable bonds is 13. The van der Waals surface area contributed by atoms with E-state index in [1.807, 2.05) is 0 Å². The standard InChI is InChI=1S/C19H29N5O2/c1-2-3-4-5-6-7-8-9-10-11-14-23-16-19(21-22-23)18-15-17(24(25)26)12-13-20-18/h12-13,15-16H,2-11,14H2,1H3. The van der Waals surface area contributed by atoms with Gasteiger partial charge in [-0.25, -0.2) is 0 Å². The molecule has 0 aliphatic heterocycles. The Morgan fingerprint density at radius 3 is 2.31 bits per heavy atom. The lowest BCUT2D eigenvalue weighted by atomic mass is 10.1. The van der Waals surface area contributed by atoms with Gasteiger partial charge in [0.15, 0.2) is 0 Å². The van der Waals surface area contributed by atoms with Crippen LogP contribution in [0.3, 0.4) is 0 Å². The number of aryl methyl sites for hydroxylation is 1. The van der Waals surface area contributed by atoms with Crippen LogP contribution in [0, 0.1) is 10.1 Å². The second kappa shape index (κ2) is 11.3. The number of unbranched alkanes of at least 4 members (excludes halogenated alkanes) is 9. The minimum atomic E-state index is -0.431. The molecule has 0 unspecified atom stereocenters. The highest BCUT2D eigenvalue weighted by Crippen LogP contribution is 2.19. The Morgan fingerprint density at radius 2 is 1.65 bits per heavy atom. The average Bonchev–Trinajstić information content (AvgIpc) is 3.12. The summed E-state index contributed by atoms with van der Waals surface area (Å²) in [6.07, 6.45) is 16.2. The number of hydrogen-bond acceptors (Lipinski definition) is 5. The number of nitro groups is 1. The Hall–Kier alpha value is -2.31. The third-order valence-electron chi connectivity index (χ3n) is 4.50. The number of nitrogens with zero attached hydrogens (tertiary/aromatic N) is 5. The predicted octanol–water partition coefficient (Wildman–Crippen LogP) is 5.17. The van der Waals surface area contributed by atoms with Crippen molar-refractivity contribution in [2.45, 2.75) is 77.7 Å². The normalized spacial score (nSPS) is 11.0. The lowest BCUT2D eigenvalue weighted by molar-refractivity contribution is -0.384. The van der Waals surface area contributed by atoms with Crippen LogP contribution in [0.25, 0.3) is 11.4 Å². The number of pyridine rings is 1. The first-order valence-electron chi connectivity index (χ1n) is 9.71. The molecule has 0 atom stereocenters. The third-order valence-corrected chi connectivity index (χ3v) is 4.50. The van der Waals surface area contributed by atoms with E-state index in [0.29, 0.717) is 11.4 Å². The van der Waals surface area contributed by atoms with E-state index < -0.39 is 4.92 Å². The molecule has 2 heterocycles. The Kier molecular flexibility index (Phi) is 8.72. The zero-order valence-electron chi connectivity index (χ0n) is 15.6. The van der Waals surface area contributed by atoms with E-state index >= 15 is 0 Å². The van der Waals surface area contributed by atoms with Crippen LogP contribution in [-0.4, -0.2) is 24.9 Å². The topological polar surface area (TPSA) is 86.7 Å². The monoisotopic (exact) mass is 359 g/mol. The fourth-order valence-electron chi connectivity index (χ4n) is 2.96. The summed E-state index contributed by atoms with van der Waals surface area (Å²) in [5.41, 5.74) is 1.06. The second-order valence-electron chi connectivity index (χ2n) is 6.71. The summed E-state index contributed by atoms with van der Waals surface area (Å²) in [6.45, 7) is 3.07. The van der Waals surface area contributed by atoms with Gasteiger partial charge in [-0.15, -0.1) is 5.10 Å². The molecule has 0 saturated heterocycles. The summed E-state index contributed by atoms with van der Waals surface area (Å²) < 4.78 is 1.79. The quantitative estimate of drug-likeness (QED) is 0.280. The molecule has 2 rings (SSSR count). The Morgan fingerprint density at radius 1 is 1.00 bits per heavy atom. The molecular formula is C19H29N5O2. The zero-order valence-corrected chi connectivity index (χ0v) is 15.6. The van der Waals surface area contributed by atoms with Gasteiger partial charge in [0.05, 0.1) is 16.8 Å². The van der Waals surface area contributed by atoms with Crippen LogP contribution < -0.4 is 0 Å². The van der Waals surface area contributed by atoms with Crippen LogP contribution in [0.1, 0.15) is 71.1 Å². The minimum Gasteiger partial charge on any atom is -0.258 e. The molecule has 0 aromatic carbocycles. The molecule has 0 N–H and O–H groups in total. The van der Waals surface area contributed by atoms with E-state index in [9.17, 15) is 10.1 Å². The Balaban J connectivity index is 1.64. The molecule has 0 aliphatic rings. The first kappa shape index (κ1) is 20.0. The third kappa shape index (κ3) is 6.90. The number of hydrogen-bond donors (Lipinski definition) is 0. The van der Waals surface area contributed by atoms with E-state index in [1.165, 1.54) is 76.1 Å². The second-order valence-corrected chi connectivity index (χ2v) is 6.71. The van der Waals surface area contributed by atoms with Gasteiger partial charge in [0.1, 0.15) is 5.69 Å². The molecule has 0 amide bonds. The van der Waals surface area contributed by atoms with Gasteiger partial charge in [0, 0.05) is 24.9 Å². The van der Waals surface area contributed by atoms with Crippen LogP contribution in [0.2, 0.25) is 0 Å². The first-order valence-corrected chi connectivity index (χ1v) is 9.71. The molecule has 7 nitrogen and oxygen atoms in total. The van der Waals surface area contributed by atoms with Crippen molar-refractivity contribution in [2.24, 2.45) is 0 Å². The van der Waals surface area contributed by atoms with Crippen LogP contribution in [0.4, 0.5) is 5.69 Å². The fourth-order valence-corrected chi connectivity index (χ4v) is 2.96. The van der Waals surface area contributed by atoms with E-state index in [4.69, 9.17) is 0 Å². The van der Waals surface area contributed by atoms with Crippen molar-refractivity contribution in [3.8, 4) is 11.4 Å². The van der Waals surface area contributed by atoms with Gasteiger partial charge in [-0.3, -0.25) is 19.8 Å². The van der Waals surface area contributed by atoms with Crippen LogP contribution in [-0.2, 0) is 6.54 Å². The maximum Gasteiger partial charge on any atom is 0.273 e. The summed E-state index contributed by atoms with van der Waals surface area (Å²) in [7, 11) is 0. The molecule has 2 aromatic heterocycles. The summed E-state index contributed by atoms with van der Waals surface area (Å²) in [5.74, 6) is 0. The van der Waals surface area contributed by atoms with E-state index in [2.05, 4.69) is 22.2 Å². The zero-order chi connectivity index (χ0) is 18.6. The maximum atomic E-state index is 10.8. The van der Waals surface area contributed by atoms with E-state index in [-0.39, 0.29) is 5.69 Å². The molecule has 0 radical (unpaired) electrons. The van der Waals surface area contributed by atoms with Gasteiger partial charge in [-0.2, -0.15) is 0 Å². The largest absolute Gasteiger partial charge is 0.273 e. The molecule has 26 heavy (non-hydrogen) atoms. The van der Waals surface area contributed by atoms with Gasteiger partial charge in [-0.1, -0.05) is 69.9 Å². The van der Waals surface area contributed by atoms with Crippen molar-refractivity contribution in [1.29, 1.82) is 0 Å². The van der Waals surface area contributed by atoms with E-state index in [1.54, 1.807) is 10.9 Å². The summed E-state index contributed by atoms with van der Waals surface area (Å²) in [5, 5.41) is 19.0. The summed E-state index contributed by atoms with van der Waals surface area (Å²) in [4.78, 5) is 14.6. The van der Waals surface area contributed by atoms with Crippen molar-refractivity contribution in [3.63, 3.8) is 0 Å². The highest BCUT2D eigenvalue weighted by atomic mass is 16.6. The average molecular weight is 359 g/mol. The van der Waals surface area contributed by atoms with Crippen LogP contribution in [0.5, 0.6) is 0 Å². The SMILES string of the molecule is CCCCCCCCCCCCn1cc(-c2cc([N+](=O)[O-])ccn2)nn1. The van der Waals surface area contributed by atoms with Gasteiger partial charge in [0.25, 0.3) is 5.69 Å². The minimum absolute atomic E-state index is 0.0132. The predicted molar refractivity (Wildman–Crippen MR) is 102 cm³/mol. The molecule has 0 spiro atoms. The highest BCUT2D eigenvalue weighted by molar-refractivity contribution is 5.55. The van der Waals surface area contributed by atoms with Gasteiger partial charge >= 0.3 is 0 Å². The van der Waals surface area contributed by atoms with Gasteiger partial charge in [0.2, 0.25) is 0 Å². The fraction of sp³-hybridized carbons (Fsp3) is 0.632. The lowest BCUT2D eigenvalue weighted by Crippen LogP contribution is -1.98. The Labute approximate surface area is 155 Å². The van der Waals surface area contributed by atoms with Crippen molar-refractivity contribution in [1.82, 2.24) is 20.0 Å². The number of aromatic nitrogens is 4. The van der Waals surface area contributed by atoms with Crippen molar-refractivity contribution in [3.05, 3.63) is 34.6 Å². The van der Waals surface area contributed by atoms with Gasteiger partial charge < -0.3 is 0 Å². The molecule has 0 bridgehead atoms. The highest BCUT2D eigenvalue weighted by Gasteiger charge is 2.11. The molecule has 2 aromatic rings. The molecule has 0 saturated carbocycles. The van der Waals surface area contributed by atoms with Crippen molar-refractivity contribution in [2.75, 3.05) is 0 Å². The van der Waals surface area contributed by atoms with Crippen LogP contribution in [0.15, 0.2) is 24.5 Å². The molecule has 0 aliphatic carbocycles. The Bertz CT molecular complexity index is 671. The van der Waals surface area contributed by atoms with Crippen molar-refractivity contribution < 1.29 is 4.92 Å². The smallest absolute Gasteiger partial charge is 0.258 e. The maximum absolute atomic E-state index is 10.8.